The fraction of sp³-hybridized carbons (Fsp3) is 0.385. The maximum absolute atomic E-state index is 12.5. The van der Waals surface area contributed by atoms with E-state index >= 15 is 0 Å². The van der Waals surface area contributed by atoms with Gasteiger partial charge >= 0.3 is 0 Å². The van der Waals surface area contributed by atoms with Crippen LogP contribution in [0.1, 0.15) is 23.9 Å². The van der Waals surface area contributed by atoms with Crippen molar-refractivity contribution in [2.24, 2.45) is 0 Å². The second kappa shape index (κ2) is 6.40. The van der Waals surface area contributed by atoms with E-state index in [-0.39, 0.29) is 4.90 Å². The molecule has 0 radical (unpaired) electrons. The van der Waals surface area contributed by atoms with E-state index in [1.54, 1.807) is 12.3 Å². The van der Waals surface area contributed by atoms with E-state index in [1.165, 1.54) is 17.5 Å². The maximum atomic E-state index is 12.5. The van der Waals surface area contributed by atoms with E-state index in [0.29, 0.717) is 17.4 Å². The van der Waals surface area contributed by atoms with Gasteiger partial charge in [-0.1, -0.05) is 6.92 Å². The van der Waals surface area contributed by atoms with Crippen LogP contribution in [0.5, 0.6) is 0 Å². The standard InChI is InChI=1S/C13H18N4O2S2/c1-4-6-15-11-5-7-14-8-12(11)21(18,19)17-13-16-9(2)10(3)20-13/h5,7-8H,4,6H2,1-3H3,(H,14,15)(H,16,17). The van der Waals surface area contributed by atoms with Crippen molar-refractivity contribution in [2.75, 3.05) is 16.6 Å². The van der Waals surface area contributed by atoms with Crippen molar-refractivity contribution in [1.29, 1.82) is 0 Å². The minimum atomic E-state index is -3.70. The quantitative estimate of drug-likeness (QED) is 0.853. The normalized spacial score (nSPS) is 11.4. The number of rotatable bonds is 6. The van der Waals surface area contributed by atoms with Crippen LogP contribution in [0.4, 0.5) is 10.8 Å². The highest BCUT2D eigenvalue weighted by atomic mass is 32.2. The topological polar surface area (TPSA) is 84.0 Å². The van der Waals surface area contributed by atoms with Crippen molar-refractivity contribution in [2.45, 2.75) is 32.1 Å². The number of nitrogens with zero attached hydrogens (tertiary/aromatic N) is 2. The van der Waals surface area contributed by atoms with Crippen LogP contribution in [0.15, 0.2) is 23.4 Å². The van der Waals surface area contributed by atoms with Gasteiger partial charge in [-0.3, -0.25) is 9.71 Å². The first kappa shape index (κ1) is 15.7. The molecule has 0 fully saturated rings. The second-order valence-corrected chi connectivity index (χ2v) is 7.42. The van der Waals surface area contributed by atoms with Crippen LogP contribution in [0.2, 0.25) is 0 Å². The third-order valence-corrected chi connectivity index (χ3v) is 5.37. The van der Waals surface area contributed by atoms with Crippen LogP contribution in [0, 0.1) is 13.8 Å². The molecule has 21 heavy (non-hydrogen) atoms. The number of hydrogen-bond acceptors (Lipinski definition) is 6. The lowest BCUT2D eigenvalue weighted by Gasteiger charge is -2.11. The van der Waals surface area contributed by atoms with Crippen molar-refractivity contribution in [1.82, 2.24) is 9.97 Å². The molecule has 114 valence electrons. The monoisotopic (exact) mass is 326 g/mol. The van der Waals surface area contributed by atoms with E-state index in [9.17, 15) is 8.42 Å². The molecule has 0 unspecified atom stereocenters. The molecule has 0 saturated carbocycles. The zero-order valence-corrected chi connectivity index (χ0v) is 13.8. The number of nitrogens with one attached hydrogen (secondary N) is 2. The van der Waals surface area contributed by atoms with Gasteiger partial charge < -0.3 is 5.32 Å². The molecule has 0 spiro atoms. The van der Waals surface area contributed by atoms with Crippen LogP contribution >= 0.6 is 11.3 Å². The largest absolute Gasteiger partial charge is 0.384 e. The molecule has 0 aliphatic rings. The summed E-state index contributed by atoms with van der Waals surface area (Å²) in [5.74, 6) is 0. The first-order valence-corrected chi connectivity index (χ1v) is 8.88. The number of pyridine rings is 1. The highest BCUT2D eigenvalue weighted by Gasteiger charge is 2.20. The van der Waals surface area contributed by atoms with Crippen LogP contribution in [0.3, 0.4) is 0 Å². The highest BCUT2D eigenvalue weighted by molar-refractivity contribution is 7.93. The van der Waals surface area contributed by atoms with E-state index in [1.807, 2.05) is 20.8 Å². The van der Waals surface area contributed by atoms with Crippen LogP contribution in [-0.4, -0.2) is 24.9 Å². The molecule has 8 heteroatoms. The van der Waals surface area contributed by atoms with E-state index in [0.717, 1.165) is 17.0 Å². The molecule has 0 amide bonds. The summed E-state index contributed by atoms with van der Waals surface area (Å²) in [5.41, 5.74) is 1.37. The van der Waals surface area contributed by atoms with Crippen LogP contribution in [-0.2, 0) is 10.0 Å². The Balaban J connectivity index is 2.31. The Bertz CT molecular complexity index is 706. The number of sulfonamides is 1. The molecule has 0 saturated heterocycles. The Kier molecular flexibility index (Phi) is 4.79. The molecular weight excluding hydrogens is 308 g/mol. The highest BCUT2D eigenvalue weighted by Crippen LogP contribution is 2.26. The van der Waals surface area contributed by atoms with E-state index in [4.69, 9.17) is 0 Å². The average molecular weight is 326 g/mol. The molecular formula is C13H18N4O2S2. The van der Waals surface area contributed by atoms with Gasteiger partial charge in [-0.05, 0) is 26.3 Å². The van der Waals surface area contributed by atoms with Gasteiger partial charge in [0, 0.05) is 23.8 Å². The molecule has 2 rings (SSSR count). The van der Waals surface area contributed by atoms with Gasteiger partial charge in [-0.2, -0.15) is 0 Å². The molecule has 0 atom stereocenters. The predicted molar refractivity (Wildman–Crippen MR) is 85.4 cm³/mol. The van der Waals surface area contributed by atoms with Gasteiger partial charge in [0.15, 0.2) is 5.13 Å². The Morgan fingerprint density at radius 1 is 1.33 bits per heavy atom. The number of hydrogen-bond donors (Lipinski definition) is 2. The van der Waals surface area contributed by atoms with Crippen LogP contribution in [0.25, 0.3) is 0 Å². The minimum absolute atomic E-state index is 0.129. The fourth-order valence-electron chi connectivity index (χ4n) is 1.69. The van der Waals surface area contributed by atoms with Gasteiger partial charge in [0.1, 0.15) is 4.90 Å². The summed E-state index contributed by atoms with van der Waals surface area (Å²) >= 11 is 1.32. The summed E-state index contributed by atoms with van der Waals surface area (Å²) in [6.45, 7) is 6.47. The zero-order chi connectivity index (χ0) is 15.5. The van der Waals surface area contributed by atoms with E-state index in [2.05, 4.69) is 20.0 Å². The lowest BCUT2D eigenvalue weighted by atomic mass is 10.4. The Morgan fingerprint density at radius 3 is 2.71 bits per heavy atom. The van der Waals surface area contributed by atoms with Crippen molar-refractivity contribution in [3.63, 3.8) is 0 Å². The summed E-state index contributed by atoms with van der Waals surface area (Å²) in [7, 11) is -3.70. The Labute approximate surface area is 128 Å². The number of thiazole rings is 1. The smallest absolute Gasteiger partial charge is 0.267 e. The first-order chi connectivity index (χ1) is 9.94. The van der Waals surface area contributed by atoms with Crippen LogP contribution < -0.4 is 10.0 Å². The molecule has 2 aromatic heterocycles. The van der Waals surface area contributed by atoms with Crippen molar-refractivity contribution in [3.8, 4) is 0 Å². The number of aryl methyl sites for hydroxylation is 2. The average Bonchev–Trinajstić information content (AvgIpc) is 2.74. The number of aromatic nitrogens is 2. The maximum Gasteiger partial charge on any atom is 0.267 e. The fourth-order valence-corrected chi connectivity index (χ4v) is 3.86. The van der Waals surface area contributed by atoms with Gasteiger partial charge in [0.05, 0.1) is 11.4 Å². The molecule has 2 N–H and O–H groups in total. The van der Waals surface area contributed by atoms with Crippen molar-refractivity contribution in [3.05, 3.63) is 29.0 Å². The van der Waals surface area contributed by atoms with Gasteiger partial charge in [0.25, 0.3) is 10.0 Å². The molecule has 0 aliphatic carbocycles. The van der Waals surface area contributed by atoms with Gasteiger partial charge in [-0.15, -0.1) is 11.3 Å². The summed E-state index contributed by atoms with van der Waals surface area (Å²) in [5, 5.41) is 3.47. The third-order valence-electron chi connectivity index (χ3n) is 2.89. The summed E-state index contributed by atoms with van der Waals surface area (Å²) < 4.78 is 27.5. The zero-order valence-electron chi connectivity index (χ0n) is 12.2. The summed E-state index contributed by atoms with van der Waals surface area (Å²) in [4.78, 5) is 9.23. The molecule has 2 aromatic rings. The Hall–Kier alpha value is -1.67. The molecule has 2 heterocycles. The summed E-state index contributed by atoms with van der Waals surface area (Å²) in [6.07, 6.45) is 3.81. The number of anilines is 2. The summed E-state index contributed by atoms with van der Waals surface area (Å²) in [6, 6.07) is 1.66. The van der Waals surface area contributed by atoms with Crippen molar-refractivity contribution >= 4 is 32.2 Å². The van der Waals surface area contributed by atoms with E-state index < -0.39 is 10.0 Å². The Morgan fingerprint density at radius 2 is 2.10 bits per heavy atom. The van der Waals surface area contributed by atoms with Gasteiger partial charge in [-0.25, -0.2) is 13.4 Å². The minimum Gasteiger partial charge on any atom is -0.384 e. The van der Waals surface area contributed by atoms with Crippen molar-refractivity contribution < 1.29 is 8.42 Å². The predicted octanol–water partition coefficient (Wildman–Crippen LogP) is 2.78. The lowest BCUT2D eigenvalue weighted by Crippen LogP contribution is -2.16. The van der Waals surface area contributed by atoms with Gasteiger partial charge in [0.2, 0.25) is 0 Å². The second-order valence-electron chi connectivity index (χ2n) is 4.56. The lowest BCUT2D eigenvalue weighted by molar-refractivity contribution is 0.601. The molecule has 0 bridgehead atoms. The first-order valence-electron chi connectivity index (χ1n) is 6.58. The molecule has 0 aliphatic heterocycles. The SMILES string of the molecule is CCCNc1ccncc1S(=O)(=O)Nc1nc(C)c(C)s1. The third kappa shape index (κ3) is 3.70. The molecule has 0 aromatic carbocycles. The molecule has 6 nitrogen and oxygen atoms in total.